The lowest BCUT2D eigenvalue weighted by molar-refractivity contribution is 0.176. The minimum absolute atomic E-state index is 0.00169. The van der Waals surface area contributed by atoms with Gasteiger partial charge >= 0.3 is 4.87 Å². The summed E-state index contributed by atoms with van der Waals surface area (Å²) in [6.45, 7) is 1.81. The van der Waals surface area contributed by atoms with Crippen molar-refractivity contribution in [3.63, 3.8) is 0 Å². The molecule has 0 bridgehead atoms. The van der Waals surface area contributed by atoms with Crippen LogP contribution in [0.4, 0.5) is 10.1 Å². The number of aromatic hydroxyl groups is 1. The summed E-state index contributed by atoms with van der Waals surface area (Å²) in [5.74, 6) is -0.218. The van der Waals surface area contributed by atoms with E-state index in [-0.39, 0.29) is 16.4 Å². The molecule has 0 aliphatic heterocycles. The number of hydrogen-bond donors (Lipinski definition) is 4. The Balaban J connectivity index is 1.17. The zero-order valence-electron chi connectivity index (χ0n) is 19.2. The van der Waals surface area contributed by atoms with Crippen molar-refractivity contribution in [2.45, 2.75) is 38.0 Å². The van der Waals surface area contributed by atoms with Crippen molar-refractivity contribution in [3.05, 3.63) is 92.8 Å². The summed E-state index contributed by atoms with van der Waals surface area (Å²) in [4.78, 5) is 16.4. The summed E-state index contributed by atoms with van der Waals surface area (Å²) in [5.41, 5.74) is 4.46. The zero-order chi connectivity index (χ0) is 24.4. The highest BCUT2D eigenvalue weighted by Crippen LogP contribution is 2.33. The van der Waals surface area contributed by atoms with Gasteiger partial charge in [-0.15, -0.1) is 0 Å². The van der Waals surface area contributed by atoms with Crippen LogP contribution >= 0.6 is 11.3 Å². The van der Waals surface area contributed by atoms with Gasteiger partial charge in [-0.25, -0.2) is 4.39 Å². The summed E-state index contributed by atoms with van der Waals surface area (Å²) in [5, 5.41) is 23.9. The van der Waals surface area contributed by atoms with Crippen LogP contribution in [-0.2, 0) is 13.0 Å². The molecule has 0 radical (unpaired) electrons. The third-order valence-corrected chi connectivity index (χ3v) is 7.30. The number of halogens is 1. The number of phenolic OH excluding ortho intramolecular Hbond substituents is 1. The molecule has 0 spiro atoms. The second-order valence-electron chi connectivity index (χ2n) is 9.02. The highest BCUT2D eigenvalue weighted by molar-refractivity contribution is 7.16. The number of hydrogen-bond acceptors (Lipinski definition) is 6. The predicted octanol–water partition coefficient (Wildman–Crippen LogP) is 4.47. The van der Waals surface area contributed by atoms with Crippen molar-refractivity contribution in [2.75, 3.05) is 18.0 Å². The largest absolute Gasteiger partial charge is 0.506 e. The van der Waals surface area contributed by atoms with Crippen LogP contribution < -0.4 is 15.1 Å². The Morgan fingerprint density at radius 2 is 1.89 bits per heavy atom. The molecule has 5 rings (SSSR count). The van der Waals surface area contributed by atoms with Crippen molar-refractivity contribution >= 4 is 27.2 Å². The molecule has 4 N–H and O–H groups in total. The maximum atomic E-state index is 13.4. The topological polar surface area (TPSA) is 88.6 Å². The van der Waals surface area contributed by atoms with Crippen LogP contribution in [0.3, 0.4) is 0 Å². The molecular formula is C27H28FN3O3S. The fourth-order valence-electron chi connectivity index (χ4n) is 4.41. The normalized spacial score (nSPS) is 14.3. The molecule has 3 aromatic carbocycles. The Morgan fingerprint density at radius 3 is 2.66 bits per heavy atom. The first-order chi connectivity index (χ1) is 17.0. The van der Waals surface area contributed by atoms with Gasteiger partial charge in [-0.05, 0) is 67.3 Å². The summed E-state index contributed by atoms with van der Waals surface area (Å²) in [6.07, 6.45) is 2.34. The first-order valence-electron chi connectivity index (χ1n) is 11.8. The number of nitrogens with one attached hydrogen (secondary N) is 2. The van der Waals surface area contributed by atoms with Gasteiger partial charge in [0.1, 0.15) is 17.1 Å². The van der Waals surface area contributed by atoms with Crippen LogP contribution in [0, 0.1) is 5.82 Å². The van der Waals surface area contributed by atoms with E-state index in [0.717, 1.165) is 42.8 Å². The third-order valence-electron chi connectivity index (χ3n) is 6.37. The predicted molar refractivity (Wildman–Crippen MR) is 138 cm³/mol. The second-order valence-corrected chi connectivity index (χ2v) is 10.0. The van der Waals surface area contributed by atoms with Crippen molar-refractivity contribution in [3.8, 4) is 5.75 Å². The SMILES string of the molecule is O=c1[nH]c2c(O)ccc(C(O)CNCCc3cccc(CN(c4ccc(F)cc4)C4CC4)c3)c2s1. The van der Waals surface area contributed by atoms with E-state index >= 15 is 0 Å². The standard InChI is InChI=1S/C27H28FN3O3S/c28-19-4-6-20(7-5-19)31(21-8-9-21)16-18-3-1-2-17(14-18)12-13-29-15-24(33)22-10-11-23(32)25-26(22)35-27(34)30-25/h1-7,10-11,14,21,24,29,32-33H,8-9,12-13,15-16H2,(H,30,34). The lowest BCUT2D eigenvalue weighted by Gasteiger charge is -2.25. The zero-order valence-corrected chi connectivity index (χ0v) is 20.0. The van der Waals surface area contributed by atoms with Crippen molar-refractivity contribution < 1.29 is 14.6 Å². The van der Waals surface area contributed by atoms with Gasteiger partial charge in [-0.3, -0.25) is 4.79 Å². The molecular weight excluding hydrogens is 465 g/mol. The Hall–Kier alpha value is -3.20. The van der Waals surface area contributed by atoms with Gasteiger partial charge in [0.25, 0.3) is 0 Å². The fourth-order valence-corrected chi connectivity index (χ4v) is 5.33. The van der Waals surface area contributed by atoms with Crippen LogP contribution in [-0.4, -0.2) is 34.3 Å². The average molecular weight is 494 g/mol. The number of nitrogens with zero attached hydrogens (tertiary/aromatic N) is 1. The molecule has 4 aromatic rings. The van der Waals surface area contributed by atoms with Crippen LogP contribution in [0.15, 0.2) is 65.5 Å². The monoisotopic (exact) mass is 493 g/mol. The molecule has 1 aliphatic carbocycles. The minimum atomic E-state index is -0.793. The van der Waals surface area contributed by atoms with E-state index in [4.69, 9.17) is 0 Å². The number of aliphatic hydroxyl groups excluding tert-OH is 1. The summed E-state index contributed by atoms with van der Waals surface area (Å²) < 4.78 is 13.9. The minimum Gasteiger partial charge on any atom is -0.506 e. The van der Waals surface area contributed by atoms with Gasteiger partial charge in [-0.2, -0.15) is 0 Å². The van der Waals surface area contributed by atoms with E-state index < -0.39 is 6.10 Å². The first kappa shape index (κ1) is 23.5. The highest BCUT2D eigenvalue weighted by Gasteiger charge is 2.29. The maximum Gasteiger partial charge on any atom is 0.305 e. The quantitative estimate of drug-likeness (QED) is 0.245. The lowest BCUT2D eigenvalue weighted by atomic mass is 10.1. The summed E-state index contributed by atoms with van der Waals surface area (Å²) in [6, 6.07) is 18.9. The van der Waals surface area contributed by atoms with Crippen molar-refractivity contribution in [1.29, 1.82) is 0 Å². The number of aliphatic hydroxyl groups is 1. The van der Waals surface area contributed by atoms with Crippen molar-refractivity contribution in [2.24, 2.45) is 0 Å². The second kappa shape index (κ2) is 10.2. The Labute approximate surface area is 206 Å². The molecule has 0 saturated heterocycles. The van der Waals surface area contributed by atoms with E-state index in [1.165, 1.54) is 29.3 Å². The molecule has 1 aliphatic rings. The van der Waals surface area contributed by atoms with Crippen molar-refractivity contribution in [1.82, 2.24) is 10.3 Å². The van der Waals surface area contributed by atoms with E-state index in [2.05, 4.69) is 39.5 Å². The van der Waals surface area contributed by atoms with Gasteiger partial charge in [-0.1, -0.05) is 41.7 Å². The summed E-state index contributed by atoms with van der Waals surface area (Å²) >= 11 is 0.988. The van der Waals surface area contributed by atoms with E-state index in [9.17, 15) is 19.4 Å². The number of aromatic amines is 1. The lowest BCUT2D eigenvalue weighted by Crippen LogP contribution is -2.25. The molecule has 1 unspecified atom stereocenters. The molecule has 1 fully saturated rings. The molecule has 1 aromatic heterocycles. The average Bonchev–Trinajstić information content (AvgIpc) is 3.61. The number of H-pyrrole nitrogens is 1. The molecule has 6 nitrogen and oxygen atoms in total. The van der Waals surface area contributed by atoms with E-state index in [1.54, 1.807) is 6.07 Å². The number of aromatic nitrogens is 1. The van der Waals surface area contributed by atoms with Gasteiger partial charge < -0.3 is 25.4 Å². The van der Waals surface area contributed by atoms with E-state index in [0.29, 0.717) is 34.9 Å². The molecule has 1 heterocycles. The number of fused-ring (bicyclic) bond motifs is 1. The summed E-state index contributed by atoms with van der Waals surface area (Å²) in [7, 11) is 0. The molecule has 1 atom stereocenters. The van der Waals surface area contributed by atoms with Crippen LogP contribution in [0.25, 0.3) is 10.2 Å². The molecule has 8 heteroatoms. The molecule has 0 amide bonds. The van der Waals surface area contributed by atoms with Gasteiger partial charge in [0.2, 0.25) is 0 Å². The molecule has 182 valence electrons. The Morgan fingerprint density at radius 1 is 1.11 bits per heavy atom. The maximum absolute atomic E-state index is 13.4. The number of phenols is 1. The molecule has 1 saturated carbocycles. The highest BCUT2D eigenvalue weighted by atomic mass is 32.1. The van der Waals surface area contributed by atoms with Gasteiger partial charge in [0.05, 0.1) is 10.8 Å². The smallest absolute Gasteiger partial charge is 0.305 e. The van der Waals surface area contributed by atoms with Crippen LogP contribution in [0.1, 0.15) is 35.6 Å². The van der Waals surface area contributed by atoms with Gasteiger partial charge in [0.15, 0.2) is 0 Å². The third kappa shape index (κ3) is 5.56. The first-order valence-corrected chi connectivity index (χ1v) is 12.6. The van der Waals surface area contributed by atoms with Crippen LogP contribution in [0.5, 0.6) is 5.75 Å². The number of benzene rings is 3. The van der Waals surface area contributed by atoms with Crippen LogP contribution in [0.2, 0.25) is 0 Å². The Bertz CT molecular complexity index is 1360. The number of thiazole rings is 1. The number of anilines is 1. The molecule has 35 heavy (non-hydrogen) atoms. The fraction of sp³-hybridized carbons (Fsp3) is 0.296. The van der Waals surface area contributed by atoms with E-state index in [1.807, 2.05) is 12.1 Å². The number of rotatable bonds is 10. The van der Waals surface area contributed by atoms with Gasteiger partial charge in [0, 0.05) is 30.4 Å². The Kier molecular flexibility index (Phi) is 6.86.